The zero-order valence-corrected chi connectivity index (χ0v) is 14.7. The molecule has 0 fully saturated rings. The van der Waals surface area contributed by atoms with Gasteiger partial charge >= 0.3 is 0 Å². The van der Waals surface area contributed by atoms with Crippen LogP contribution in [0.5, 0.6) is 11.5 Å². The lowest BCUT2D eigenvalue weighted by atomic mass is 10.1. The molecule has 23 heavy (non-hydrogen) atoms. The molecule has 0 saturated carbocycles. The fourth-order valence-corrected chi connectivity index (χ4v) is 2.59. The Bertz CT molecular complexity index is 692. The lowest BCUT2D eigenvalue weighted by Gasteiger charge is -2.19. The van der Waals surface area contributed by atoms with Crippen LogP contribution in [0.15, 0.2) is 23.6 Å². The summed E-state index contributed by atoms with van der Waals surface area (Å²) in [4.78, 5) is 16.4. The standard InChI is InChI=1S/C16H21N3O3S/c1-16(2,3)19-14(20)11-9-23-15(18-11)17-10-6-7-12(21-4)13(8-10)22-5/h6-9H,1-5H3,(H,17,18)(H,19,20). The Morgan fingerprint density at radius 1 is 1.17 bits per heavy atom. The largest absolute Gasteiger partial charge is 0.493 e. The number of aromatic nitrogens is 1. The number of benzene rings is 1. The molecule has 0 radical (unpaired) electrons. The molecule has 7 heteroatoms. The van der Waals surface area contributed by atoms with Crippen LogP contribution in [0, 0.1) is 0 Å². The summed E-state index contributed by atoms with van der Waals surface area (Å²) in [6.45, 7) is 5.79. The van der Waals surface area contributed by atoms with Crippen molar-refractivity contribution < 1.29 is 14.3 Å². The minimum atomic E-state index is -0.294. The number of rotatable bonds is 5. The van der Waals surface area contributed by atoms with Gasteiger partial charge < -0.3 is 20.1 Å². The zero-order valence-electron chi connectivity index (χ0n) is 13.9. The molecule has 0 aliphatic rings. The maximum Gasteiger partial charge on any atom is 0.271 e. The average Bonchev–Trinajstić information content (AvgIpc) is 2.94. The van der Waals surface area contributed by atoms with Crippen molar-refractivity contribution in [1.29, 1.82) is 0 Å². The monoisotopic (exact) mass is 335 g/mol. The van der Waals surface area contributed by atoms with Crippen LogP contribution in [0.1, 0.15) is 31.3 Å². The van der Waals surface area contributed by atoms with Crippen LogP contribution in [0.4, 0.5) is 10.8 Å². The molecular weight excluding hydrogens is 314 g/mol. The van der Waals surface area contributed by atoms with E-state index in [1.165, 1.54) is 11.3 Å². The summed E-state index contributed by atoms with van der Waals surface area (Å²) >= 11 is 1.37. The molecule has 2 rings (SSSR count). The topological polar surface area (TPSA) is 72.5 Å². The molecule has 0 unspecified atom stereocenters. The predicted octanol–water partition coefficient (Wildman–Crippen LogP) is 3.43. The lowest BCUT2D eigenvalue weighted by molar-refractivity contribution is 0.0915. The summed E-state index contributed by atoms with van der Waals surface area (Å²) in [7, 11) is 3.17. The highest BCUT2D eigenvalue weighted by Gasteiger charge is 2.17. The SMILES string of the molecule is COc1ccc(Nc2nc(C(=O)NC(C)(C)C)cs2)cc1OC. The minimum Gasteiger partial charge on any atom is -0.493 e. The van der Waals surface area contributed by atoms with E-state index >= 15 is 0 Å². The van der Waals surface area contributed by atoms with Gasteiger partial charge in [0.15, 0.2) is 16.6 Å². The molecule has 1 aromatic heterocycles. The van der Waals surface area contributed by atoms with E-state index in [2.05, 4.69) is 15.6 Å². The van der Waals surface area contributed by atoms with Gasteiger partial charge in [-0.3, -0.25) is 4.79 Å². The second-order valence-corrected chi connectivity index (χ2v) is 6.79. The van der Waals surface area contributed by atoms with Crippen LogP contribution in [-0.4, -0.2) is 30.6 Å². The van der Waals surface area contributed by atoms with Crippen LogP contribution in [0.3, 0.4) is 0 Å². The summed E-state index contributed by atoms with van der Waals surface area (Å²) in [5, 5.41) is 8.41. The third-order valence-electron chi connectivity index (χ3n) is 2.86. The van der Waals surface area contributed by atoms with Gasteiger partial charge in [0.05, 0.1) is 14.2 Å². The minimum absolute atomic E-state index is 0.186. The summed E-state index contributed by atoms with van der Waals surface area (Å²) in [5.74, 6) is 1.09. The molecule has 0 aliphatic carbocycles. The van der Waals surface area contributed by atoms with Gasteiger partial charge in [-0.25, -0.2) is 4.98 Å². The van der Waals surface area contributed by atoms with E-state index in [1.807, 2.05) is 39.0 Å². The first-order valence-electron chi connectivity index (χ1n) is 7.09. The molecule has 0 saturated heterocycles. The molecule has 1 aromatic carbocycles. The van der Waals surface area contributed by atoms with E-state index in [1.54, 1.807) is 19.6 Å². The first-order valence-corrected chi connectivity index (χ1v) is 7.97. The highest BCUT2D eigenvalue weighted by Crippen LogP contribution is 2.31. The third kappa shape index (κ3) is 4.59. The van der Waals surface area contributed by atoms with Crippen molar-refractivity contribution in [2.75, 3.05) is 19.5 Å². The number of nitrogens with one attached hydrogen (secondary N) is 2. The molecule has 6 nitrogen and oxygen atoms in total. The maximum atomic E-state index is 12.1. The first kappa shape index (κ1) is 17.1. The van der Waals surface area contributed by atoms with Crippen LogP contribution >= 0.6 is 11.3 Å². The number of amides is 1. The number of hydrogen-bond donors (Lipinski definition) is 2. The van der Waals surface area contributed by atoms with E-state index < -0.39 is 0 Å². The average molecular weight is 335 g/mol. The van der Waals surface area contributed by atoms with Crippen LogP contribution in [0.25, 0.3) is 0 Å². The number of methoxy groups -OCH3 is 2. The number of carbonyl (C=O) groups excluding carboxylic acids is 1. The molecule has 0 bridgehead atoms. The van der Waals surface area contributed by atoms with E-state index in [-0.39, 0.29) is 11.4 Å². The van der Waals surface area contributed by atoms with Gasteiger partial charge in [0.1, 0.15) is 5.69 Å². The Labute approximate surface area is 139 Å². The summed E-state index contributed by atoms with van der Waals surface area (Å²) in [5.41, 5.74) is 0.908. The Kier molecular flexibility index (Phi) is 5.10. The maximum absolute atomic E-state index is 12.1. The van der Waals surface area contributed by atoms with Gasteiger partial charge in [-0.2, -0.15) is 0 Å². The van der Waals surface area contributed by atoms with E-state index in [0.29, 0.717) is 22.3 Å². The molecule has 0 spiro atoms. The van der Waals surface area contributed by atoms with Gasteiger partial charge in [-0.15, -0.1) is 11.3 Å². The Hall–Kier alpha value is -2.28. The second-order valence-electron chi connectivity index (χ2n) is 5.94. The van der Waals surface area contributed by atoms with Gasteiger partial charge in [-0.05, 0) is 32.9 Å². The number of ether oxygens (including phenoxy) is 2. The van der Waals surface area contributed by atoms with Crippen LogP contribution in [-0.2, 0) is 0 Å². The molecule has 0 atom stereocenters. The second kappa shape index (κ2) is 6.87. The Morgan fingerprint density at radius 3 is 2.48 bits per heavy atom. The number of anilines is 2. The quantitative estimate of drug-likeness (QED) is 0.876. The normalized spacial score (nSPS) is 11.0. The molecule has 1 heterocycles. The lowest BCUT2D eigenvalue weighted by Crippen LogP contribution is -2.40. The molecule has 0 aliphatic heterocycles. The Morgan fingerprint density at radius 2 is 1.87 bits per heavy atom. The third-order valence-corrected chi connectivity index (χ3v) is 3.62. The number of carbonyl (C=O) groups is 1. The predicted molar refractivity (Wildman–Crippen MR) is 92.2 cm³/mol. The van der Waals surface area contributed by atoms with Crippen molar-refractivity contribution in [2.45, 2.75) is 26.3 Å². The molecule has 124 valence electrons. The van der Waals surface area contributed by atoms with E-state index in [4.69, 9.17) is 9.47 Å². The van der Waals surface area contributed by atoms with Crippen molar-refractivity contribution >= 4 is 28.1 Å². The van der Waals surface area contributed by atoms with Gasteiger partial charge in [0, 0.05) is 22.7 Å². The molecule has 2 aromatic rings. The zero-order chi connectivity index (χ0) is 17.0. The number of thiazole rings is 1. The molecule has 2 N–H and O–H groups in total. The highest BCUT2D eigenvalue weighted by atomic mass is 32.1. The van der Waals surface area contributed by atoms with E-state index in [0.717, 1.165) is 5.69 Å². The molecular formula is C16H21N3O3S. The van der Waals surface area contributed by atoms with Gasteiger partial charge in [0.2, 0.25) is 0 Å². The van der Waals surface area contributed by atoms with Gasteiger partial charge in [-0.1, -0.05) is 0 Å². The Balaban J connectivity index is 2.11. The van der Waals surface area contributed by atoms with Crippen molar-refractivity contribution in [1.82, 2.24) is 10.3 Å². The smallest absolute Gasteiger partial charge is 0.271 e. The fourth-order valence-electron chi connectivity index (χ4n) is 1.88. The van der Waals surface area contributed by atoms with Crippen LogP contribution in [0.2, 0.25) is 0 Å². The first-order chi connectivity index (χ1) is 10.8. The van der Waals surface area contributed by atoms with Crippen molar-refractivity contribution in [3.05, 3.63) is 29.3 Å². The van der Waals surface area contributed by atoms with Crippen molar-refractivity contribution in [3.8, 4) is 11.5 Å². The summed E-state index contributed by atoms with van der Waals surface area (Å²) < 4.78 is 10.5. The molecule has 1 amide bonds. The van der Waals surface area contributed by atoms with Crippen molar-refractivity contribution in [3.63, 3.8) is 0 Å². The van der Waals surface area contributed by atoms with Crippen LogP contribution < -0.4 is 20.1 Å². The number of hydrogen-bond acceptors (Lipinski definition) is 6. The van der Waals surface area contributed by atoms with E-state index in [9.17, 15) is 4.79 Å². The highest BCUT2D eigenvalue weighted by molar-refractivity contribution is 7.14. The fraction of sp³-hybridized carbons (Fsp3) is 0.375. The van der Waals surface area contributed by atoms with Crippen molar-refractivity contribution in [2.24, 2.45) is 0 Å². The summed E-state index contributed by atoms with van der Waals surface area (Å²) in [6.07, 6.45) is 0. The summed E-state index contributed by atoms with van der Waals surface area (Å²) in [6, 6.07) is 5.48. The number of nitrogens with zero attached hydrogens (tertiary/aromatic N) is 1. The van der Waals surface area contributed by atoms with Gasteiger partial charge in [0.25, 0.3) is 5.91 Å².